The van der Waals surface area contributed by atoms with Crippen LogP contribution < -0.4 is 11.1 Å². The molecule has 1 aliphatic carbocycles. The highest BCUT2D eigenvalue weighted by Gasteiger charge is 2.28. The fourth-order valence-electron chi connectivity index (χ4n) is 2.06. The zero-order valence-electron chi connectivity index (χ0n) is 11.1. The van der Waals surface area contributed by atoms with Gasteiger partial charge in [-0.15, -0.1) is 11.3 Å². The molecule has 0 unspecified atom stereocenters. The van der Waals surface area contributed by atoms with Gasteiger partial charge in [0, 0.05) is 6.04 Å². The van der Waals surface area contributed by atoms with Gasteiger partial charge < -0.3 is 11.1 Å². The lowest BCUT2D eigenvalue weighted by Crippen LogP contribution is -2.35. The fourth-order valence-corrected chi connectivity index (χ4v) is 3.55. The quantitative estimate of drug-likeness (QED) is 0.654. The Labute approximate surface area is 125 Å². The van der Waals surface area contributed by atoms with Crippen LogP contribution in [0.4, 0.5) is 5.82 Å². The number of nitrogen functional groups attached to an aromatic ring is 1. The molecule has 7 heteroatoms. The number of rotatable bonds is 5. The van der Waals surface area contributed by atoms with Crippen molar-refractivity contribution in [1.82, 2.24) is 15.3 Å². The van der Waals surface area contributed by atoms with Crippen LogP contribution in [0.2, 0.25) is 0 Å². The molecule has 1 aliphatic rings. The van der Waals surface area contributed by atoms with Gasteiger partial charge in [-0.2, -0.15) is 0 Å². The van der Waals surface area contributed by atoms with Gasteiger partial charge in [-0.1, -0.05) is 11.8 Å². The molecule has 0 saturated heterocycles. The number of nitrogens with zero attached hydrogens (tertiary/aromatic N) is 2. The Bertz CT molecular complexity index is 638. The standard InChI is InChI=1S/C13H16N4OS2/c1-7(8-2-3-8)15-10(18)6-20-13-16-11(14)9-4-5-19-12(9)17-13/h4-5,7-8H,2-3,6H2,1H3,(H,15,18)(H2,14,16,17)/t7-/m0/s1. The SMILES string of the molecule is C[C@H](NC(=O)CSc1nc(N)c2ccsc2n1)C1CC1. The minimum absolute atomic E-state index is 0.0304. The van der Waals surface area contributed by atoms with Gasteiger partial charge in [-0.25, -0.2) is 9.97 Å². The van der Waals surface area contributed by atoms with Crippen molar-refractivity contribution < 1.29 is 4.79 Å². The van der Waals surface area contributed by atoms with Gasteiger partial charge in [0.15, 0.2) is 5.16 Å². The van der Waals surface area contributed by atoms with Crippen molar-refractivity contribution in [2.45, 2.75) is 31.0 Å². The van der Waals surface area contributed by atoms with Gasteiger partial charge >= 0.3 is 0 Å². The molecule has 1 fully saturated rings. The number of hydrogen-bond donors (Lipinski definition) is 2. The molecular formula is C13H16N4OS2. The molecule has 3 N–H and O–H groups in total. The summed E-state index contributed by atoms with van der Waals surface area (Å²) in [7, 11) is 0. The molecule has 1 atom stereocenters. The summed E-state index contributed by atoms with van der Waals surface area (Å²) in [6, 6.07) is 2.18. The predicted molar refractivity (Wildman–Crippen MR) is 82.9 cm³/mol. The average Bonchev–Trinajstić information content (AvgIpc) is 3.15. The summed E-state index contributed by atoms with van der Waals surface area (Å²) >= 11 is 2.86. The van der Waals surface area contributed by atoms with Gasteiger partial charge in [-0.05, 0) is 37.1 Å². The Morgan fingerprint density at radius 1 is 1.60 bits per heavy atom. The first-order valence-corrected chi connectivity index (χ1v) is 8.43. The van der Waals surface area contributed by atoms with Gasteiger partial charge in [0.25, 0.3) is 0 Å². The third kappa shape index (κ3) is 3.04. The number of anilines is 1. The Kier molecular flexibility index (Phi) is 3.80. The van der Waals surface area contributed by atoms with E-state index in [1.807, 2.05) is 11.4 Å². The minimum atomic E-state index is 0.0304. The van der Waals surface area contributed by atoms with E-state index in [9.17, 15) is 4.79 Å². The molecule has 2 heterocycles. The second-order valence-corrected chi connectivity index (χ2v) is 6.85. The topological polar surface area (TPSA) is 80.9 Å². The minimum Gasteiger partial charge on any atom is -0.383 e. The normalized spacial score (nSPS) is 16.2. The number of carbonyl (C=O) groups is 1. The molecule has 1 saturated carbocycles. The number of thioether (sulfide) groups is 1. The molecule has 0 bridgehead atoms. The van der Waals surface area contributed by atoms with Crippen molar-refractivity contribution in [3.8, 4) is 0 Å². The van der Waals surface area contributed by atoms with Crippen LogP contribution in [0.1, 0.15) is 19.8 Å². The summed E-state index contributed by atoms with van der Waals surface area (Å²) in [5.74, 6) is 1.50. The van der Waals surface area contributed by atoms with E-state index >= 15 is 0 Å². The van der Waals surface area contributed by atoms with E-state index in [0.717, 1.165) is 10.2 Å². The molecule has 2 aromatic rings. The second-order valence-electron chi connectivity index (χ2n) is 5.01. The van der Waals surface area contributed by atoms with Crippen molar-refractivity contribution in [3.63, 3.8) is 0 Å². The number of nitrogens with two attached hydrogens (primary N) is 1. The number of amides is 1. The van der Waals surface area contributed by atoms with Crippen molar-refractivity contribution in [2.75, 3.05) is 11.5 Å². The summed E-state index contributed by atoms with van der Waals surface area (Å²) in [4.78, 5) is 21.3. The van der Waals surface area contributed by atoms with E-state index in [1.165, 1.54) is 35.9 Å². The average molecular weight is 308 g/mol. The van der Waals surface area contributed by atoms with E-state index < -0.39 is 0 Å². The fraction of sp³-hybridized carbons (Fsp3) is 0.462. The summed E-state index contributed by atoms with van der Waals surface area (Å²) in [5, 5.41) is 6.40. The van der Waals surface area contributed by atoms with Crippen LogP contribution in [0.15, 0.2) is 16.6 Å². The van der Waals surface area contributed by atoms with Gasteiger partial charge in [0.05, 0.1) is 11.1 Å². The lowest BCUT2D eigenvalue weighted by atomic mass is 10.2. The van der Waals surface area contributed by atoms with Gasteiger partial charge in [0.2, 0.25) is 5.91 Å². The Hall–Kier alpha value is -1.34. The summed E-state index contributed by atoms with van der Waals surface area (Å²) in [6.07, 6.45) is 2.45. The summed E-state index contributed by atoms with van der Waals surface area (Å²) in [5.41, 5.74) is 5.88. The number of nitrogens with one attached hydrogen (secondary N) is 1. The first-order valence-electron chi connectivity index (χ1n) is 6.56. The molecule has 0 aliphatic heterocycles. The van der Waals surface area contributed by atoms with E-state index in [-0.39, 0.29) is 11.9 Å². The molecule has 0 radical (unpaired) electrons. The highest BCUT2D eigenvalue weighted by atomic mass is 32.2. The number of fused-ring (bicyclic) bond motifs is 1. The monoisotopic (exact) mass is 308 g/mol. The highest BCUT2D eigenvalue weighted by molar-refractivity contribution is 7.99. The maximum absolute atomic E-state index is 11.8. The first kappa shape index (κ1) is 13.6. The van der Waals surface area contributed by atoms with Crippen LogP contribution in [-0.4, -0.2) is 27.7 Å². The lowest BCUT2D eigenvalue weighted by Gasteiger charge is -2.12. The van der Waals surface area contributed by atoms with Gasteiger partial charge in [-0.3, -0.25) is 4.79 Å². The smallest absolute Gasteiger partial charge is 0.230 e. The maximum Gasteiger partial charge on any atom is 0.230 e. The van der Waals surface area contributed by atoms with Crippen molar-refractivity contribution in [2.24, 2.45) is 5.92 Å². The maximum atomic E-state index is 11.8. The van der Waals surface area contributed by atoms with Crippen molar-refractivity contribution >= 4 is 45.0 Å². The molecule has 20 heavy (non-hydrogen) atoms. The van der Waals surface area contributed by atoms with E-state index in [1.54, 1.807) is 0 Å². The summed E-state index contributed by atoms with van der Waals surface area (Å²) < 4.78 is 0. The molecule has 2 aromatic heterocycles. The first-order chi connectivity index (χ1) is 9.63. The second kappa shape index (κ2) is 5.57. The predicted octanol–water partition coefficient (Wildman–Crippen LogP) is 2.28. The number of carbonyl (C=O) groups excluding carboxylic acids is 1. The van der Waals surface area contributed by atoms with Crippen LogP contribution in [0.3, 0.4) is 0 Å². The molecule has 0 spiro atoms. The summed E-state index contributed by atoms with van der Waals surface area (Å²) in [6.45, 7) is 2.06. The largest absolute Gasteiger partial charge is 0.383 e. The molecule has 1 amide bonds. The van der Waals surface area contributed by atoms with Crippen LogP contribution >= 0.6 is 23.1 Å². The van der Waals surface area contributed by atoms with Crippen molar-refractivity contribution in [3.05, 3.63) is 11.4 Å². The third-order valence-corrected chi connectivity index (χ3v) is 5.04. The number of hydrogen-bond acceptors (Lipinski definition) is 6. The van der Waals surface area contributed by atoms with E-state index in [2.05, 4.69) is 22.2 Å². The Balaban J connectivity index is 1.59. The molecular weight excluding hydrogens is 292 g/mol. The zero-order valence-corrected chi connectivity index (χ0v) is 12.8. The van der Waals surface area contributed by atoms with Crippen molar-refractivity contribution in [1.29, 1.82) is 0 Å². The van der Waals surface area contributed by atoms with E-state index in [4.69, 9.17) is 5.73 Å². The van der Waals surface area contributed by atoms with Gasteiger partial charge in [0.1, 0.15) is 10.6 Å². The van der Waals surface area contributed by atoms with E-state index in [0.29, 0.717) is 22.6 Å². The Morgan fingerprint density at radius 3 is 3.15 bits per heavy atom. The van der Waals surface area contributed by atoms with Crippen LogP contribution in [0, 0.1) is 5.92 Å². The Morgan fingerprint density at radius 2 is 2.40 bits per heavy atom. The third-order valence-electron chi connectivity index (χ3n) is 3.38. The molecule has 106 valence electrons. The molecule has 0 aromatic carbocycles. The molecule has 5 nitrogen and oxygen atoms in total. The number of thiophene rings is 1. The lowest BCUT2D eigenvalue weighted by molar-refractivity contribution is -0.119. The highest BCUT2D eigenvalue weighted by Crippen LogP contribution is 2.32. The number of aromatic nitrogens is 2. The van der Waals surface area contributed by atoms with Crippen LogP contribution in [0.5, 0.6) is 0 Å². The van der Waals surface area contributed by atoms with Crippen LogP contribution in [-0.2, 0) is 4.79 Å². The zero-order chi connectivity index (χ0) is 14.1. The van der Waals surface area contributed by atoms with Crippen LogP contribution in [0.25, 0.3) is 10.2 Å². The molecule has 3 rings (SSSR count).